The molecule has 0 aliphatic heterocycles. The van der Waals surface area contributed by atoms with Crippen molar-refractivity contribution in [3.8, 4) is 0 Å². The Morgan fingerprint density at radius 1 is 1.25 bits per heavy atom. The van der Waals surface area contributed by atoms with Gasteiger partial charge >= 0.3 is 0 Å². The molecule has 0 saturated heterocycles. The van der Waals surface area contributed by atoms with Crippen LogP contribution in [-0.2, 0) is 12.8 Å². The van der Waals surface area contributed by atoms with E-state index in [9.17, 15) is 4.39 Å². The average Bonchev–Trinajstić information content (AvgIpc) is 2.87. The second kappa shape index (κ2) is 7.14. The Kier molecular flexibility index (Phi) is 5.24. The molecule has 5 heteroatoms. The van der Waals surface area contributed by atoms with Crippen molar-refractivity contribution in [1.82, 2.24) is 10.1 Å². The normalized spacial score (nSPS) is 12.6. The number of hydrogen-bond donors (Lipinski definition) is 1. The number of hydrogen-bond acceptors (Lipinski definition) is 4. The Labute approximate surface area is 118 Å². The average molecular weight is 277 g/mol. The quantitative estimate of drug-likeness (QED) is 0.845. The molecule has 20 heavy (non-hydrogen) atoms. The fourth-order valence-electron chi connectivity index (χ4n) is 2.05. The zero-order chi connectivity index (χ0) is 14.4. The Bertz CT molecular complexity index is 524. The van der Waals surface area contributed by atoms with E-state index in [0.29, 0.717) is 30.6 Å². The number of aryl methyl sites for hydroxylation is 1. The summed E-state index contributed by atoms with van der Waals surface area (Å²) in [6, 6.07) is 6.33. The number of benzene rings is 1. The molecule has 0 radical (unpaired) electrons. The second-order valence-corrected chi connectivity index (χ2v) is 5.13. The predicted octanol–water partition coefficient (Wildman–Crippen LogP) is 2.72. The molecule has 2 aromatic rings. The monoisotopic (exact) mass is 277 g/mol. The molecule has 0 spiro atoms. The van der Waals surface area contributed by atoms with E-state index in [1.165, 1.54) is 12.1 Å². The van der Waals surface area contributed by atoms with E-state index in [4.69, 9.17) is 10.3 Å². The highest BCUT2D eigenvalue weighted by atomic mass is 19.1. The van der Waals surface area contributed by atoms with Gasteiger partial charge in [-0.25, -0.2) is 4.39 Å². The molecule has 0 saturated carbocycles. The third-order valence-electron chi connectivity index (χ3n) is 3.30. The molecule has 0 bridgehead atoms. The van der Waals surface area contributed by atoms with Crippen LogP contribution in [0.25, 0.3) is 0 Å². The van der Waals surface area contributed by atoms with E-state index in [1.807, 2.05) is 0 Å². The number of aromatic nitrogens is 2. The van der Waals surface area contributed by atoms with Crippen molar-refractivity contribution in [3.63, 3.8) is 0 Å². The summed E-state index contributed by atoms with van der Waals surface area (Å²) in [5.74, 6) is 1.62. The van der Waals surface area contributed by atoms with Gasteiger partial charge in [-0.15, -0.1) is 0 Å². The lowest BCUT2D eigenvalue weighted by atomic mass is 10.0. The van der Waals surface area contributed by atoms with Gasteiger partial charge in [0.1, 0.15) is 5.82 Å². The van der Waals surface area contributed by atoms with Gasteiger partial charge in [0.25, 0.3) is 0 Å². The van der Waals surface area contributed by atoms with Crippen LogP contribution in [0.4, 0.5) is 4.39 Å². The van der Waals surface area contributed by atoms with Crippen LogP contribution in [0.1, 0.15) is 37.0 Å². The molecule has 1 heterocycles. The number of nitrogens with two attached hydrogens (primary N) is 1. The summed E-state index contributed by atoms with van der Waals surface area (Å²) in [7, 11) is 0. The highest BCUT2D eigenvalue weighted by molar-refractivity contribution is 5.19. The largest absolute Gasteiger partial charge is 0.339 e. The molecule has 108 valence electrons. The summed E-state index contributed by atoms with van der Waals surface area (Å²) >= 11 is 0. The van der Waals surface area contributed by atoms with Crippen LogP contribution < -0.4 is 5.73 Å². The minimum absolute atomic E-state index is 0.239. The molecule has 1 aromatic carbocycles. The van der Waals surface area contributed by atoms with Gasteiger partial charge in [0.05, 0.1) is 0 Å². The molecule has 1 aromatic heterocycles. The summed E-state index contributed by atoms with van der Waals surface area (Å²) < 4.78 is 18.0. The molecular formula is C15H20FN3O. The van der Waals surface area contributed by atoms with Gasteiger partial charge < -0.3 is 10.3 Å². The maximum absolute atomic E-state index is 12.8. The Balaban J connectivity index is 1.87. The summed E-state index contributed by atoms with van der Waals surface area (Å²) in [5.41, 5.74) is 6.49. The van der Waals surface area contributed by atoms with Crippen molar-refractivity contribution in [2.45, 2.75) is 32.6 Å². The van der Waals surface area contributed by atoms with Gasteiger partial charge in [0, 0.05) is 12.8 Å². The van der Waals surface area contributed by atoms with Crippen LogP contribution in [0.2, 0.25) is 0 Å². The molecule has 2 N–H and O–H groups in total. The molecule has 4 nitrogen and oxygen atoms in total. The smallest absolute Gasteiger partial charge is 0.226 e. The topological polar surface area (TPSA) is 64.9 Å². The van der Waals surface area contributed by atoms with E-state index in [1.54, 1.807) is 12.1 Å². The number of nitrogens with zero attached hydrogens (tertiary/aromatic N) is 2. The van der Waals surface area contributed by atoms with Crippen LogP contribution >= 0.6 is 0 Å². The van der Waals surface area contributed by atoms with E-state index in [-0.39, 0.29) is 5.82 Å². The van der Waals surface area contributed by atoms with Gasteiger partial charge in [-0.3, -0.25) is 0 Å². The third-order valence-corrected chi connectivity index (χ3v) is 3.30. The second-order valence-electron chi connectivity index (χ2n) is 5.13. The molecule has 0 fully saturated rings. The van der Waals surface area contributed by atoms with E-state index in [2.05, 4.69) is 17.1 Å². The van der Waals surface area contributed by atoms with Crippen LogP contribution in [-0.4, -0.2) is 16.7 Å². The molecule has 2 rings (SSSR count). The van der Waals surface area contributed by atoms with Crippen molar-refractivity contribution in [1.29, 1.82) is 0 Å². The fraction of sp³-hybridized carbons (Fsp3) is 0.467. The van der Waals surface area contributed by atoms with Gasteiger partial charge in [0.15, 0.2) is 5.82 Å². The zero-order valence-electron chi connectivity index (χ0n) is 11.7. The first kappa shape index (κ1) is 14.7. The summed E-state index contributed by atoms with van der Waals surface area (Å²) in [5, 5.41) is 3.95. The Morgan fingerprint density at radius 3 is 2.70 bits per heavy atom. The van der Waals surface area contributed by atoms with Crippen molar-refractivity contribution in [2.75, 3.05) is 6.54 Å². The lowest BCUT2D eigenvalue weighted by Gasteiger charge is -2.06. The first-order valence-corrected chi connectivity index (χ1v) is 6.93. The van der Waals surface area contributed by atoms with E-state index >= 15 is 0 Å². The van der Waals surface area contributed by atoms with Crippen molar-refractivity contribution in [2.24, 2.45) is 11.7 Å². The highest BCUT2D eigenvalue weighted by Crippen LogP contribution is 2.12. The van der Waals surface area contributed by atoms with Gasteiger partial charge in [-0.05, 0) is 43.0 Å². The van der Waals surface area contributed by atoms with Gasteiger partial charge in [-0.1, -0.05) is 24.2 Å². The predicted molar refractivity (Wildman–Crippen MR) is 74.7 cm³/mol. The maximum atomic E-state index is 12.8. The summed E-state index contributed by atoms with van der Waals surface area (Å²) in [4.78, 5) is 4.36. The van der Waals surface area contributed by atoms with E-state index in [0.717, 1.165) is 24.8 Å². The maximum Gasteiger partial charge on any atom is 0.226 e. The minimum Gasteiger partial charge on any atom is -0.339 e. The highest BCUT2D eigenvalue weighted by Gasteiger charge is 2.09. The van der Waals surface area contributed by atoms with Gasteiger partial charge in [0.2, 0.25) is 5.89 Å². The van der Waals surface area contributed by atoms with Crippen molar-refractivity contribution in [3.05, 3.63) is 47.4 Å². The number of halogens is 1. The molecule has 0 aliphatic rings. The third kappa shape index (κ3) is 4.42. The van der Waals surface area contributed by atoms with Crippen LogP contribution in [0, 0.1) is 11.7 Å². The molecule has 1 unspecified atom stereocenters. The lowest BCUT2D eigenvalue weighted by molar-refractivity contribution is 0.358. The lowest BCUT2D eigenvalue weighted by Crippen LogP contribution is -2.06. The van der Waals surface area contributed by atoms with Crippen LogP contribution in [0.3, 0.4) is 0 Å². The van der Waals surface area contributed by atoms with Crippen molar-refractivity contribution < 1.29 is 8.91 Å². The fourth-order valence-corrected chi connectivity index (χ4v) is 2.05. The summed E-state index contributed by atoms with van der Waals surface area (Å²) in [6.07, 6.45) is 3.34. The molecular weight excluding hydrogens is 257 g/mol. The minimum atomic E-state index is -0.239. The first-order valence-electron chi connectivity index (χ1n) is 6.93. The molecule has 0 aliphatic carbocycles. The standard InChI is InChI=1S/C15H20FN3O/c1-11(8-9-17)2-7-15-18-14(19-20-15)10-12-3-5-13(16)6-4-12/h3-6,11H,2,7-10,17H2,1H3. The van der Waals surface area contributed by atoms with E-state index < -0.39 is 0 Å². The van der Waals surface area contributed by atoms with Gasteiger partial charge in [-0.2, -0.15) is 4.98 Å². The van der Waals surface area contributed by atoms with Crippen LogP contribution in [0.15, 0.2) is 28.8 Å². The molecule has 0 amide bonds. The Hall–Kier alpha value is -1.75. The zero-order valence-corrected chi connectivity index (χ0v) is 11.7. The van der Waals surface area contributed by atoms with Crippen LogP contribution in [0.5, 0.6) is 0 Å². The molecule has 1 atom stereocenters. The SMILES string of the molecule is CC(CCN)CCc1nc(Cc2ccc(F)cc2)no1. The van der Waals surface area contributed by atoms with Crippen molar-refractivity contribution >= 4 is 0 Å². The Morgan fingerprint density at radius 2 is 2.00 bits per heavy atom. The summed E-state index contributed by atoms with van der Waals surface area (Å²) in [6.45, 7) is 2.88. The first-order chi connectivity index (χ1) is 9.67. The number of rotatable bonds is 7.